The van der Waals surface area contributed by atoms with Gasteiger partial charge < -0.3 is 53.8 Å². The van der Waals surface area contributed by atoms with E-state index >= 15 is 0 Å². The van der Waals surface area contributed by atoms with E-state index in [4.69, 9.17) is 18.9 Å². The molecule has 0 aromatic rings. The molecule has 2 heterocycles. The lowest BCUT2D eigenvalue weighted by molar-refractivity contribution is -0.635. The monoisotopic (exact) mass is 430 g/mol. The SMILES string of the molecule is COC1OC(C)[C@H](O[C@@H]2OC(C(=O)[O-])[C@@H](C)[C@@H](O)[C@@H]2O)[C@H](S(=O)(=O)O[O-])[C@@H]1O. The van der Waals surface area contributed by atoms with E-state index in [2.05, 4.69) is 4.33 Å². The van der Waals surface area contributed by atoms with E-state index in [0.717, 1.165) is 7.11 Å². The number of rotatable bonds is 6. The molecular weight excluding hydrogens is 408 g/mol. The van der Waals surface area contributed by atoms with Gasteiger partial charge in [-0.05, 0) is 6.92 Å². The second-order valence-corrected chi connectivity index (χ2v) is 8.31. The minimum absolute atomic E-state index is 1.06. The molecule has 0 spiro atoms. The van der Waals surface area contributed by atoms with Gasteiger partial charge in [0.15, 0.2) is 12.6 Å². The fourth-order valence-electron chi connectivity index (χ4n) is 3.29. The van der Waals surface area contributed by atoms with Crippen LogP contribution in [-0.2, 0) is 38.2 Å². The minimum atomic E-state index is -4.94. The number of carbonyl (C=O) groups is 1. The van der Waals surface area contributed by atoms with Gasteiger partial charge in [-0.3, -0.25) is 0 Å². The number of aliphatic carboxylic acids is 1. The molecule has 13 nitrogen and oxygen atoms in total. The first-order valence-electron chi connectivity index (χ1n) is 8.25. The Morgan fingerprint density at radius 1 is 1.04 bits per heavy atom. The van der Waals surface area contributed by atoms with Gasteiger partial charge in [0.05, 0.1) is 18.2 Å². The van der Waals surface area contributed by atoms with Gasteiger partial charge in [-0.2, -0.15) is 8.42 Å². The molecule has 0 saturated carbocycles. The Balaban J connectivity index is 2.33. The van der Waals surface area contributed by atoms with Gasteiger partial charge in [0.1, 0.15) is 29.7 Å². The second kappa shape index (κ2) is 8.83. The first-order valence-corrected chi connectivity index (χ1v) is 9.72. The maximum atomic E-state index is 12.1. The van der Waals surface area contributed by atoms with Crippen LogP contribution in [-0.4, -0.2) is 91.3 Å². The zero-order chi connectivity index (χ0) is 21.4. The highest BCUT2D eigenvalue weighted by Crippen LogP contribution is 2.33. The number of methoxy groups -OCH3 is 1. The zero-order valence-corrected chi connectivity index (χ0v) is 15.9. The van der Waals surface area contributed by atoms with Crippen molar-refractivity contribution in [1.82, 2.24) is 0 Å². The van der Waals surface area contributed by atoms with Crippen molar-refractivity contribution < 1.29 is 62.2 Å². The summed E-state index contributed by atoms with van der Waals surface area (Å²) in [5, 5.41) is 50.3. The van der Waals surface area contributed by atoms with Crippen LogP contribution >= 0.6 is 0 Å². The largest absolute Gasteiger partial charge is 0.707 e. The number of carbonyl (C=O) groups excluding carboxylic acids is 1. The number of carboxylic acid groups (broad SMARTS) is 1. The van der Waals surface area contributed by atoms with Crippen LogP contribution < -0.4 is 10.4 Å². The van der Waals surface area contributed by atoms with Crippen molar-refractivity contribution in [2.75, 3.05) is 7.11 Å². The van der Waals surface area contributed by atoms with Crippen molar-refractivity contribution in [3.05, 3.63) is 0 Å². The van der Waals surface area contributed by atoms with E-state index in [9.17, 15) is 38.9 Å². The maximum absolute atomic E-state index is 12.1. The smallest absolute Gasteiger partial charge is 0.267 e. The number of aliphatic hydroxyl groups is 3. The Kier molecular flexibility index (Phi) is 7.36. The Bertz CT molecular complexity index is 654. The molecule has 2 fully saturated rings. The van der Waals surface area contributed by atoms with Crippen molar-refractivity contribution in [3.63, 3.8) is 0 Å². The lowest BCUT2D eigenvalue weighted by Crippen LogP contribution is -2.65. The summed E-state index contributed by atoms with van der Waals surface area (Å²) in [6.45, 7) is 2.61. The summed E-state index contributed by atoms with van der Waals surface area (Å²) in [5.41, 5.74) is 0. The Morgan fingerprint density at radius 2 is 1.64 bits per heavy atom. The van der Waals surface area contributed by atoms with Crippen LogP contribution in [0.5, 0.6) is 0 Å². The van der Waals surface area contributed by atoms with Crippen LogP contribution in [0.3, 0.4) is 0 Å². The first-order chi connectivity index (χ1) is 13.0. The van der Waals surface area contributed by atoms with Gasteiger partial charge in [-0.1, -0.05) is 6.92 Å². The van der Waals surface area contributed by atoms with Gasteiger partial charge in [-0.25, -0.2) is 0 Å². The molecule has 0 aromatic carbocycles. The van der Waals surface area contributed by atoms with Gasteiger partial charge in [-0.15, -0.1) is 0 Å². The lowest BCUT2D eigenvalue weighted by Gasteiger charge is -2.47. The molecule has 0 aliphatic carbocycles. The molecule has 3 N–H and O–H groups in total. The van der Waals surface area contributed by atoms with Crippen molar-refractivity contribution in [1.29, 1.82) is 0 Å². The van der Waals surface area contributed by atoms with Crippen LogP contribution in [0.4, 0.5) is 0 Å². The van der Waals surface area contributed by atoms with Gasteiger partial charge in [0, 0.05) is 13.0 Å². The van der Waals surface area contributed by atoms with E-state index in [1.54, 1.807) is 0 Å². The highest BCUT2D eigenvalue weighted by molar-refractivity contribution is 7.87. The predicted octanol–water partition coefficient (Wildman–Crippen LogP) is -5.05. The van der Waals surface area contributed by atoms with E-state index in [1.165, 1.54) is 13.8 Å². The highest BCUT2D eigenvalue weighted by atomic mass is 32.2. The standard InChI is InChI=1S/C14H24O13S/c1-4-6(15)7(16)14(25-9(4)12(18)19)26-10-5(2)24-13(23-3)8(17)11(10)28(21,22)27-20/h4-11,13-17,20H,1-3H3,(H,18,19)/p-2/t4-,5?,6+,7-,8-,9?,10-,11+,13?,14-/m0/s1. The first kappa shape index (κ1) is 23.3. The van der Waals surface area contributed by atoms with Crippen LogP contribution in [0.2, 0.25) is 0 Å². The molecule has 2 saturated heterocycles. The molecule has 0 aromatic heterocycles. The van der Waals surface area contributed by atoms with Crippen LogP contribution in [0, 0.1) is 5.92 Å². The summed E-state index contributed by atoms with van der Waals surface area (Å²) < 4.78 is 47.9. The molecule has 14 heteroatoms. The summed E-state index contributed by atoms with van der Waals surface area (Å²) in [6, 6.07) is 0. The molecule has 2 aliphatic rings. The van der Waals surface area contributed by atoms with Crippen molar-refractivity contribution in [2.24, 2.45) is 5.92 Å². The topological polar surface area (TPSA) is 204 Å². The molecule has 3 unspecified atom stereocenters. The number of ether oxygens (including phenoxy) is 4. The average molecular weight is 430 g/mol. The Hall–Kier alpha value is -0.940. The molecule has 164 valence electrons. The highest BCUT2D eigenvalue weighted by Gasteiger charge is 2.54. The van der Waals surface area contributed by atoms with Crippen LogP contribution in [0.1, 0.15) is 13.8 Å². The summed E-state index contributed by atoms with van der Waals surface area (Å²) in [6.07, 6.45) is -13.0. The molecule has 2 rings (SSSR count). The number of carboxylic acids is 1. The number of hydrogen-bond donors (Lipinski definition) is 3. The molecule has 2 aliphatic heterocycles. The molecule has 0 radical (unpaired) electrons. The fraction of sp³-hybridized carbons (Fsp3) is 0.929. The van der Waals surface area contributed by atoms with Crippen LogP contribution in [0.25, 0.3) is 0 Å². The summed E-state index contributed by atoms with van der Waals surface area (Å²) in [4.78, 5) is 11.2. The summed E-state index contributed by atoms with van der Waals surface area (Å²) >= 11 is 0. The Labute approximate surface area is 160 Å². The van der Waals surface area contributed by atoms with Crippen molar-refractivity contribution in [2.45, 2.75) is 68.3 Å². The average Bonchev–Trinajstić information content (AvgIpc) is 2.63. The number of aliphatic hydroxyl groups excluding tert-OH is 3. The molecule has 0 amide bonds. The molecule has 10 atom stereocenters. The normalized spacial score (nSPS) is 45.0. The van der Waals surface area contributed by atoms with Crippen LogP contribution in [0.15, 0.2) is 0 Å². The van der Waals surface area contributed by atoms with E-state index in [-0.39, 0.29) is 0 Å². The Morgan fingerprint density at radius 3 is 2.14 bits per heavy atom. The van der Waals surface area contributed by atoms with Crippen molar-refractivity contribution >= 4 is 16.1 Å². The third-order valence-corrected chi connectivity index (χ3v) is 6.26. The van der Waals surface area contributed by atoms with E-state index in [1.807, 2.05) is 0 Å². The maximum Gasteiger partial charge on any atom is 0.267 e. The van der Waals surface area contributed by atoms with E-state index < -0.39 is 76.5 Å². The molecule has 28 heavy (non-hydrogen) atoms. The fourth-order valence-corrected chi connectivity index (χ4v) is 4.46. The third kappa shape index (κ3) is 4.30. The third-order valence-electron chi connectivity index (χ3n) is 4.86. The summed E-state index contributed by atoms with van der Waals surface area (Å²) in [7, 11) is -3.81. The van der Waals surface area contributed by atoms with Gasteiger partial charge in [0.2, 0.25) is 0 Å². The lowest BCUT2D eigenvalue weighted by atomic mass is 9.90. The summed E-state index contributed by atoms with van der Waals surface area (Å²) in [5.74, 6) is -2.75. The quantitative estimate of drug-likeness (QED) is 0.267. The van der Waals surface area contributed by atoms with E-state index in [0.29, 0.717) is 0 Å². The van der Waals surface area contributed by atoms with Crippen molar-refractivity contribution in [3.8, 4) is 0 Å². The second-order valence-electron chi connectivity index (χ2n) is 6.65. The van der Waals surface area contributed by atoms with Gasteiger partial charge >= 0.3 is 0 Å². The minimum Gasteiger partial charge on any atom is -0.707 e. The molecule has 0 bridgehead atoms. The molecular formula is C14H22O13S-2. The zero-order valence-electron chi connectivity index (χ0n) is 15.1. The van der Waals surface area contributed by atoms with Gasteiger partial charge in [0.25, 0.3) is 10.1 Å². The number of hydrogen-bond acceptors (Lipinski definition) is 13. The predicted molar refractivity (Wildman–Crippen MR) is 80.9 cm³/mol.